The Balaban J connectivity index is 2.24. The summed E-state index contributed by atoms with van der Waals surface area (Å²) in [5.74, 6) is 0.0713. The van der Waals surface area contributed by atoms with Crippen molar-refractivity contribution in [3.8, 4) is 0 Å². The zero-order valence-corrected chi connectivity index (χ0v) is 16.1. The van der Waals surface area contributed by atoms with Crippen LogP contribution in [-0.2, 0) is 9.53 Å². The van der Waals surface area contributed by atoms with Gasteiger partial charge in [-0.15, -0.1) is 0 Å². The topological polar surface area (TPSA) is 46.5 Å². The standard InChI is InChI=1S/C21H26O3Si/c1-21(2,3)25(17-10-6-4-7-11-17,18-12-8-5-9-13-18)20(23)19-14-16(22)15-24-19/h4-13,19-20,23H,14-15H2,1-3H3/t19?,20-/m0/s1. The molecule has 1 N–H and O–H groups in total. The maximum Gasteiger partial charge on any atom is 0.161 e. The summed E-state index contributed by atoms with van der Waals surface area (Å²) in [4.78, 5) is 11.8. The first-order chi connectivity index (χ1) is 11.9. The summed E-state index contributed by atoms with van der Waals surface area (Å²) < 4.78 is 5.71. The van der Waals surface area contributed by atoms with Crippen molar-refractivity contribution in [3.05, 3.63) is 60.7 Å². The Morgan fingerprint density at radius 2 is 1.48 bits per heavy atom. The second-order valence-electron chi connectivity index (χ2n) is 7.83. The fraction of sp³-hybridized carbons (Fsp3) is 0.381. The van der Waals surface area contributed by atoms with E-state index in [0.717, 1.165) is 0 Å². The van der Waals surface area contributed by atoms with Crippen LogP contribution in [0.4, 0.5) is 0 Å². The lowest BCUT2D eigenvalue weighted by molar-refractivity contribution is -0.117. The Labute approximate surface area is 150 Å². The number of rotatable bonds is 4. The number of aliphatic hydroxyl groups is 1. The molecule has 0 aliphatic carbocycles. The monoisotopic (exact) mass is 354 g/mol. The van der Waals surface area contributed by atoms with E-state index < -0.39 is 19.9 Å². The first-order valence-electron chi connectivity index (χ1n) is 8.80. The van der Waals surface area contributed by atoms with Gasteiger partial charge in [-0.2, -0.15) is 0 Å². The lowest BCUT2D eigenvalue weighted by atomic mass is 10.2. The van der Waals surface area contributed by atoms with E-state index in [-0.39, 0.29) is 17.4 Å². The Morgan fingerprint density at radius 1 is 1.00 bits per heavy atom. The van der Waals surface area contributed by atoms with Crippen molar-refractivity contribution in [2.75, 3.05) is 6.61 Å². The predicted molar refractivity (Wildman–Crippen MR) is 103 cm³/mol. The quantitative estimate of drug-likeness (QED) is 0.857. The molecule has 3 nitrogen and oxygen atoms in total. The lowest BCUT2D eigenvalue weighted by Crippen LogP contribution is -2.74. The second kappa shape index (κ2) is 6.87. The summed E-state index contributed by atoms with van der Waals surface area (Å²) in [6.07, 6.45) is -0.134. The SMILES string of the molecule is CC(C)(C)[Si](c1ccccc1)(c1ccccc1)[C@H](O)C1CC(=O)CO1. The summed E-state index contributed by atoms with van der Waals surface area (Å²) in [5, 5.41) is 13.8. The van der Waals surface area contributed by atoms with Gasteiger partial charge in [0.05, 0.1) is 11.8 Å². The van der Waals surface area contributed by atoms with E-state index in [1.54, 1.807) is 0 Å². The van der Waals surface area contributed by atoms with Crippen LogP contribution >= 0.6 is 0 Å². The fourth-order valence-corrected chi connectivity index (χ4v) is 10.1. The summed E-state index contributed by atoms with van der Waals surface area (Å²) in [5.41, 5.74) is -0.691. The minimum absolute atomic E-state index is 0.0713. The molecule has 2 atom stereocenters. The highest BCUT2D eigenvalue weighted by Crippen LogP contribution is 2.40. The van der Waals surface area contributed by atoms with Gasteiger partial charge in [0.1, 0.15) is 6.61 Å². The lowest BCUT2D eigenvalue weighted by Gasteiger charge is -2.48. The first kappa shape index (κ1) is 18.1. The minimum Gasteiger partial charge on any atom is -0.393 e. The molecular formula is C21H26O3Si. The number of aliphatic hydroxyl groups excluding tert-OH is 1. The Hall–Kier alpha value is -1.75. The zero-order chi connectivity index (χ0) is 18.1. The molecule has 1 heterocycles. The van der Waals surface area contributed by atoms with E-state index in [4.69, 9.17) is 4.74 Å². The highest BCUT2D eigenvalue weighted by Gasteiger charge is 2.56. The second-order valence-corrected chi connectivity index (χ2v) is 12.7. The molecule has 2 aromatic carbocycles. The van der Waals surface area contributed by atoms with Crippen molar-refractivity contribution in [2.24, 2.45) is 0 Å². The molecule has 3 rings (SSSR count). The third-order valence-corrected chi connectivity index (χ3v) is 11.4. The number of ether oxygens (including phenoxy) is 1. The van der Waals surface area contributed by atoms with Gasteiger partial charge in [-0.25, -0.2) is 0 Å². The molecule has 0 bridgehead atoms. The molecule has 1 fully saturated rings. The molecule has 0 spiro atoms. The van der Waals surface area contributed by atoms with Crippen molar-refractivity contribution in [3.63, 3.8) is 0 Å². The van der Waals surface area contributed by atoms with Crippen molar-refractivity contribution in [2.45, 2.75) is 44.1 Å². The van der Waals surface area contributed by atoms with Gasteiger partial charge in [-0.05, 0) is 5.04 Å². The molecule has 4 heteroatoms. The molecule has 1 aliphatic heterocycles. The van der Waals surface area contributed by atoms with Crippen LogP contribution in [0, 0.1) is 0 Å². The van der Waals surface area contributed by atoms with Gasteiger partial charge in [-0.3, -0.25) is 4.79 Å². The van der Waals surface area contributed by atoms with Gasteiger partial charge < -0.3 is 9.84 Å². The highest BCUT2D eigenvalue weighted by molar-refractivity contribution is 7.05. The van der Waals surface area contributed by atoms with Crippen molar-refractivity contribution in [1.82, 2.24) is 0 Å². The number of carbonyl (C=O) groups excluding carboxylic acids is 1. The zero-order valence-electron chi connectivity index (χ0n) is 15.1. The van der Waals surface area contributed by atoms with Crippen LogP contribution in [-0.4, -0.2) is 37.4 Å². The third kappa shape index (κ3) is 3.10. The summed E-state index contributed by atoms with van der Waals surface area (Å²) >= 11 is 0. The molecular weight excluding hydrogens is 328 g/mol. The van der Waals surface area contributed by atoms with Crippen LogP contribution in [0.1, 0.15) is 27.2 Å². The van der Waals surface area contributed by atoms with E-state index in [1.165, 1.54) is 10.4 Å². The van der Waals surface area contributed by atoms with Gasteiger partial charge in [0.2, 0.25) is 0 Å². The average molecular weight is 355 g/mol. The summed E-state index contributed by atoms with van der Waals surface area (Å²) in [6.45, 7) is 6.69. The Kier molecular flexibility index (Phi) is 4.96. The van der Waals surface area contributed by atoms with Crippen LogP contribution in [0.5, 0.6) is 0 Å². The maximum absolute atomic E-state index is 11.8. The van der Waals surface area contributed by atoms with Crippen LogP contribution in [0.2, 0.25) is 5.04 Å². The van der Waals surface area contributed by atoms with Gasteiger partial charge in [-0.1, -0.05) is 91.8 Å². The molecule has 25 heavy (non-hydrogen) atoms. The highest BCUT2D eigenvalue weighted by atomic mass is 28.3. The van der Waals surface area contributed by atoms with Gasteiger partial charge in [0, 0.05) is 6.42 Å². The maximum atomic E-state index is 11.8. The van der Waals surface area contributed by atoms with E-state index in [1.807, 2.05) is 36.4 Å². The van der Waals surface area contributed by atoms with Crippen LogP contribution in [0.15, 0.2) is 60.7 Å². The Bertz CT molecular complexity index is 682. The minimum atomic E-state index is -2.67. The molecule has 0 aromatic heterocycles. The number of ketones is 1. The van der Waals surface area contributed by atoms with E-state index in [2.05, 4.69) is 45.0 Å². The van der Waals surface area contributed by atoms with Crippen molar-refractivity contribution >= 4 is 24.2 Å². The van der Waals surface area contributed by atoms with Crippen LogP contribution in [0.3, 0.4) is 0 Å². The molecule has 0 saturated carbocycles. The number of benzene rings is 2. The number of hydrogen-bond acceptors (Lipinski definition) is 3. The van der Waals surface area contributed by atoms with Crippen molar-refractivity contribution < 1.29 is 14.6 Å². The van der Waals surface area contributed by atoms with Gasteiger partial charge in [0.15, 0.2) is 13.9 Å². The summed E-state index contributed by atoms with van der Waals surface area (Å²) in [7, 11) is -2.67. The molecule has 1 saturated heterocycles. The smallest absolute Gasteiger partial charge is 0.161 e. The summed E-state index contributed by atoms with van der Waals surface area (Å²) in [6, 6.07) is 20.6. The molecule has 2 aromatic rings. The van der Waals surface area contributed by atoms with Crippen LogP contribution in [0.25, 0.3) is 0 Å². The van der Waals surface area contributed by atoms with Crippen molar-refractivity contribution in [1.29, 1.82) is 0 Å². The van der Waals surface area contributed by atoms with Crippen LogP contribution < -0.4 is 10.4 Å². The van der Waals surface area contributed by atoms with E-state index in [9.17, 15) is 9.90 Å². The number of carbonyl (C=O) groups is 1. The average Bonchev–Trinajstić information content (AvgIpc) is 3.02. The molecule has 132 valence electrons. The predicted octanol–water partition coefficient (Wildman–Crippen LogP) is 2.31. The van der Waals surface area contributed by atoms with Gasteiger partial charge in [0.25, 0.3) is 0 Å². The van der Waals surface area contributed by atoms with E-state index in [0.29, 0.717) is 6.42 Å². The molecule has 1 unspecified atom stereocenters. The number of Topliss-reactive ketones (excluding diaryl/α,β-unsaturated/α-hetero) is 1. The molecule has 0 radical (unpaired) electrons. The molecule has 0 amide bonds. The normalized spacial score (nSPS) is 19.8. The molecule has 1 aliphatic rings. The first-order valence-corrected chi connectivity index (χ1v) is 10.9. The largest absolute Gasteiger partial charge is 0.393 e. The van der Waals surface area contributed by atoms with E-state index >= 15 is 0 Å². The fourth-order valence-electron chi connectivity index (χ4n) is 4.24. The number of hydrogen-bond donors (Lipinski definition) is 1. The van der Waals surface area contributed by atoms with Gasteiger partial charge >= 0.3 is 0 Å². The third-order valence-electron chi connectivity index (χ3n) is 5.32. The Morgan fingerprint density at radius 3 is 1.84 bits per heavy atom.